The largest absolute Gasteiger partial charge is 0.239 e. The van der Waals surface area contributed by atoms with Gasteiger partial charge in [0, 0.05) is 4.90 Å². The van der Waals surface area contributed by atoms with Gasteiger partial charge in [-0.2, -0.15) is 5.26 Å². The number of benzene rings is 1. The predicted molar refractivity (Wildman–Crippen MR) is 43.0 cm³/mol. The third-order valence-corrected chi connectivity index (χ3v) is 1.92. The summed E-state index contributed by atoms with van der Waals surface area (Å²) in [6.07, 6.45) is 0. The van der Waals surface area contributed by atoms with Gasteiger partial charge in [0.25, 0.3) is 0 Å². The Morgan fingerprint density at radius 1 is 1.36 bits per heavy atom. The molecule has 0 N–H and O–H groups in total. The zero-order valence-corrected chi connectivity index (χ0v) is 6.57. The molecule has 56 valence electrons. The van der Waals surface area contributed by atoms with Gasteiger partial charge in [-0.25, -0.2) is 4.39 Å². The van der Waals surface area contributed by atoms with Crippen molar-refractivity contribution in [1.29, 1.82) is 5.26 Å². The molecule has 0 aliphatic carbocycles. The maximum Gasteiger partial charge on any atom is 0.139 e. The van der Waals surface area contributed by atoms with E-state index in [1.165, 1.54) is 0 Å². The molecule has 1 aromatic rings. The van der Waals surface area contributed by atoms with Crippen molar-refractivity contribution in [2.24, 2.45) is 0 Å². The van der Waals surface area contributed by atoms with Crippen LogP contribution in [0.2, 0.25) is 0 Å². The van der Waals surface area contributed by atoms with Crippen LogP contribution in [-0.4, -0.2) is 6.01 Å². The van der Waals surface area contributed by atoms with Crippen LogP contribution in [0.15, 0.2) is 29.2 Å². The average molecular weight is 167 g/mol. The highest BCUT2D eigenvalue weighted by Gasteiger charge is 1.92. The van der Waals surface area contributed by atoms with Crippen molar-refractivity contribution in [1.82, 2.24) is 0 Å². The molecule has 3 heteroatoms. The third-order valence-electron chi connectivity index (χ3n) is 1.20. The first-order valence-corrected chi connectivity index (χ1v) is 4.04. The van der Waals surface area contributed by atoms with Gasteiger partial charge in [-0.15, -0.1) is 0 Å². The molecule has 0 saturated heterocycles. The number of alkyl halides is 1. The van der Waals surface area contributed by atoms with Crippen LogP contribution in [0.5, 0.6) is 0 Å². The summed E-state index contributed by atoms with van der Waals surface area (Å²) in [7, 11) is 0. The molecule has 11 heavy (non-hydrogen) atoms. The molecule has 1 aromatic carbocycles. The van der Waals surface area contributed by atoms with E-state index >= 15 is 0 Å². The van der Waals surface area contributed by atoms with Crippen LogP contribution in [0, 0.1) is 11.3 Å². The van der Waals surface area contributed by atoms with E-state index in [0.717, 1.165) is 16.7 Å². The van der Waals surface area contributed by atoms with Crippen LogP contribution >= 0.6 is 11.8 Å². The molecule has 1 rings (SSSR count). The summed E-state index contributed by atoms with van der Waals surface area (Å²) in [5, 5.41) is 8.43. The van der Waals surface area contributed by atoms with Gasteiger partial charge < -0.3 is 0 Å². The number of halogens is 1. The normalized spacial score (nSPS) is 9.09. The van der Waals surface area contributed by atoms with Crippen LogP contribution < -0.4 is 0 Å². The summed E-state index contributed by atoms with van der Waals surface area (Å²) in [4.78, 5) is 0.853. The second-order valence-corrected chi connectivity index (χ2v) is 2.87. The lowest BCUT2D eigenvalue weighted by molar-refractivity contribution is 0.605. The molecule has 0 aliphatic rings. The second-order valence-electron chi connectivity index (χ2n) is 1.89. The number of nitriles is 1. The van der Waals surface area contributed by atoms with E-state index in [1.807, 2.05) is 6.07 Å². The summed E-state index contributed by atoms with van der Waals surface area (Å²) in [5.74, 6) is 0. The fourth-order valence-corrected chi connectivity index (χ4v) is 1.14. The van der Waals surface area contributed by atoms with Crippen molar-refractivity contribution >= 4 is 11.8 Å². The zero-order valence-electron chi connectivity index (χ0n) is 5.75. The van der Waals surface area contributed by atoms with E-state index in [9.17, 15) is 4.39 Å². The second kappa shape index (κ2) is 3.99. The van der Waals surface area contributed by atoms with Gasteiger partial charge in [-0.3, -0.25) is 0 Å². The van der Waals surface area contributed by atoms with E-state index < -0.39 is 6.01 Å². The van der Waals surface area contributed by atoms with E-state index in [-0.39, 0.29) is 0 Å². The molecule has 0 fully saturated rings. The number of rotatable bonds is 2. The van der Waals surface area contributed by atoms with Gasteiger partial charge in [0.15, 0.2) is 0 Å². The molecular weight excluding hydrogens is 161 g/mol. The Kier molecular flexibility index (Phi) is 2.94. The standard InChI is InChI=1S/C8H6FNS/c9-6-11-8-3-1-7(5-10)2-4-8/h1-4H,6H2. The molecule has 0 aliphatic heterocycles. The van der Waals surface area contributed by atoms with Crippen LogP contribution in [-0.2, 0) is 0 Å². The summed E-state index contributed by atoms with van der Waals surface area (Å²) in [6, 6.07) is 8.40. The Morgan fingerprint density at radius 2 is 2.00 bits per heavy atom. The summed E-state index contributed by atoms with van der Waals surface area (Å²) >= 11 is 1.12. The summed E-state index contributed by atoms with van der Waals surface area (Å²) < 4.78 is 11.8. The van der Waals surface area contributed by atoms with Gasteiger partial charge in [-0.1, -0.05) is 11.8 Å². The molecule has 0 heterocycles. The first kappa shape index (κ1) is 8.09. The lowest BCUT2D eigenvalue weighted by Gasteiger charge is -1.94. The van der Waals surface area contributed by atoms with Gasteiger partial charge in [-0.05, 0) is 24.3 Å². The van der Waals surface area contributed by atoms with Crippen molar-refractivity contribution in [2.75, 3.05) is 6.01 Å². The quantitative estimate of drug-likeness (QED) is 0.632. The number of hydrogen-bond acceptors (Lipinski definition) is 2. The molecular formula is C8H6FNS. The zero-order chi connectivity index (χ0) is 8.10. The van der Waals surface area contributed by atoms with E-state index in [0.29, 0.717) is 5.56 Å². The topological polar surface area (TPSA) is 23.8 Å². The highest BCUT2D eigenvalue weighted by atomic mass is 32.2. The fourth-order valence-electron chi connectivity index (χ4n) is 0.689. The highest BCUT2D eigenvalue weighted by molar-refractivity contribution is 7.99. The minimum Gasteiger partial charge on any atom is -0.239 e. The maximum absolute atomic E-state index is 11.8. The van der Waals surface area contributed by atoms with Gasteiger partial charge >= 0.3 is 0 Å². The molecule has 0 bridgehead atoms. The third kappa shape index (κ3) is 2.24. The smallest absolute Gasteiger partial charge is 0.139 e. The maximum atomic E-state index is 11.8. The van der Waals surface area contributed by atoms with Crippen LogP contribution in [0.1, 0.15) is 5.56 Å². The van der Waals surface area contributed by atoms with E-state index in [2.05, 4.69) is 0 Å². The Morgan fingerprint density at radius 3 is 2.45 bits per heavy atom. The number of nitrogens with zero attached hydrogens (tertiary/aromatic N) is 1. The lowest BCUT2D eigenvalue weighted by Crippen LogP contribution is -1.74. The minimum absolute atomic E-state index is 0.425. The van der Waals surface area contributed by atoms with Crippen molar-refractivity contribution in [3.63, 3.8) is 0 Å². The van der Waals surface area contributed by atoms with Gasteiger partial charge in [0.1, 0.15) is 6.01 Å². The molecule has 0 amide bonds. The Labute approximate surface area is 68.8 Å². The van der Waals surface area contributed by atoms with Crippen molar-refractivity contribution < 1.29 is 4.39 Å². The Bertz CT molecular complexity index is 262. The molecule has 0 atom stereocenters. The highest BCUT2D eigenvalue weighted by Crippen LogP contribution is 2.17. The summed E-state index contributed by atoms with van der Waals surface area (Å²) in [5.41, 5.74) is 0.605. The first-order chi connectivity index (χ1) is 5.36. The monoisotopic (exact) mass is 167 g/mol. The van der Waals surface area contributed by atoms with Crippen molar-refractivity contribution in [3.05, 3.63) is 29.8 Å². The predicted octanol–water partition coefficient (Wildman–Crippen LogP) is 2.58. The van der Waals surface area contributed by atoms with E-state index in [4.69, 9.17) is 5.26 Å². The average Bonchev–Trinajstić information content (AvgIpc) is 2.07. The molecule has 0 unspecified atom stereocenters. The molecule has 0 spiro atoms. The molecule has 0 aromatic heterocycles. The molecule has 0 saturated carbocycles. The molecule has 0 radical (unpaired) electrons. The molecule has 1 nitrogen and oxygen atoms in total. The Balaban J connectivity index is 2.76. The van der Waals surface area contributed by atoms with Crippen LogP contribution in [0.3, 0.4) is 0 Å². The Hall–Kier alpha value is -1.01. The number of hydrogen-bond donors (Lipinski definition) is 0. The lowest BCUT2D eigenvalue weighted by atomic mass is 10.2. The minimum atomic E-state index is -0.425. The van der Waals surface area contributed by atoms with Gasteiger partial charge in [0.05, 0.1) is 11.6 Å². The SMILES string of the molecule is N#Cc1ccc(SCF)cc1. The fraction of sp³-hybridized carbons (Fsp3) is 0.125. The summed E-state index contributed by atoms with van der Waals surface area (Å²) in [6.45, 7) is 0. The van der Waals surface area contributed by atoms with Crippen LogP contribution in [0.25, 0.3) is 0 Å². The first-order valence-electron chi connectivity index (χ1n) is 3.06. The van der Waals surface area contributed by atoms with Crippen molar-refractivity contribution in [2.45, 2.75) is 4.90 Å². The van der Waals surface area contributed by atoms with Crippen molar-refractivity contribution in [3.8, 4) is 6.07 Å². The van der Waals surface area contributed by atoms with Crippen LogP contribution in [0.4, 0.5) is 4.39 Å². The van der Waals surface area contributed by atoms with E-state index in [1.54, 1.807) is 24.3 Å². The van der Waals surface area contributed by atoms with Gasteiger partial charge in [0.2, 0.25) is 0 Å². The number of thioether (sulfide) groups is 1.